The van der Waals surface area contributed by atoms with Crippen LogP contribution in [0.4, 0.5) is 10.3 Å². The first kappa shape index (κ1) is 23.4. The van der Waals surface area contributed by atoms with Crippen LogP contribution in [-0.4, -0.2) is 46.7 Å². The van der Waals surface area contributed by atoms with Crippen molar-refractivity contribution in [3.05, 3.63) is 65.1 Å². The highest BCUT2D eigenvalue weighted by Crippen LogP contribution is 2.34. The zero-order valence-corrected chi connectivity index (χ0v) is 20.2. The lowest BCUT2D eigenvalue weighted by atomic mass is 9.99. The molecule has 0 spiro atoms. The third kappa shape index (κ3) is 5.32. The summed E-state index contributed by atoms with van der Waals surface area (Å²) < 4.78 is 24.9. The number of ether oxygens (including phenoxy) is 2. The molecule has 1 saturated heterocycles. The third-order valence-corrected chi connectivity index (χ3v) is 6.83. The van der Waals surface area contributed by atoms with Crippen molar-refractivity contribution in [2.75, 3.05) is 31.6 Å². The normalized spacial score (nSPS) is 16.7. The van der Waals surface area contributed by atoms with Gasteiger partial charge in [0.05, 0.1) is 18.4 Å². The van der Waals surface area contributed by atoms with Crippen molar-refractivity contribution in [2.45, 2.75) is 39.3 Å². The molecule has 3 aromatic rings. The largest absolute Gasteiger partial charge is 0.504 e. The summed E-state index contributed by atoms with van der Waals surface area (Å²) >= 11 is 0. The van der Waals surface area contributed by atoms with Crippen molar-refractivity contribution in [1.82, 2.24) is 14.9 Å². The lowest BCUT2D eigenvalue weighted by Gasteiger charge is -2.33. The van der Waals surface area contributed by atoms with Crippen molar-refractivity contribution in [3.63, 3.8) is 0 Å². The maximum atomic E-state index is 13.5. The van der Waals surface area contributed by atoms with Gasteiger partial charge in [-0.05, 0) is 60.7 Å². The smallest absolute Gasteiger partial charge is 0.228 e. The maximum Gasteiger partial charge on any atom is 0.228 e. The molecule has 1 N–H and O–H groups in total. The zero-order valence-electron chi connectivity index (χ0n) is 20.2. The molecular weight excluding hydrogens is 447 g/mol. The summed E-state index contributed by atoms with van der Waals surface area (Å²) in [5, 5.41) is 9.91. The highest BCUT2D eigenvalue weighted by molar-refractivity contribution is 5.44. The number of methoxy groups -OCH3 is 1. The predicted molar refractivity (Wildman–Crippen MR) is 132 cm³/mol. The molecule has 0 amide bonds. The molecule has 0 aliphatic carbocycles. The van der Waals surface area contributed by atoms with Crippen LogP contribution < -0.4 is 14.4 Å². The van der Waals surface area contributed by atoms with Crippen molar-refractivity contribution in [1.29, 1.82) is 0 Å². The molecular formula is C27H31FN4O3. The van der Waals surface area contributed by atoms with Crippen LogP contribution in [0.2, 0.25) is 0 Å². The Hall–Kier alpha value is -3.39. The number of hydrogen-bond donors (Lipinski definition) is 1. The summed E-state index contributed by atoms with van der Waals surface area (Å²) in [4.78, 5) is 14.4. The number of phenolic OH excluding ortho intramolecular Hbond substituents is 1. The Labute approximate surface area is 205 Å². The Balaban J connectivity index is 1.42. The molecule has 0 unspecified atom stereocenters. The van der Waals surface area contributed by atoms with Gasteiger partial charge in [0, 0.05) is 39.1 Å². The molecule has 184 valence electrons. The minimum Gasteiger partial charge on any atom is -0.504 e. The number of fused-ring (bicyclic) bond motifs is 1. The molecule has 3 heterocycles. The van der Waals surface area contributed by atoms with Crippen LogP contribution in [0, 0.1) is 11.7 Å². The number of phenols is 1. The average Bonchev–Trinajstić information content (AvgIpc) is 2.87. The number of anilines is 1. The Morgan fingerprint density at radius 2 is 1.83 bits per heavy atom. The Morgan fingerprint density at radius 1 is 1.06 bits per heavy atom. The molecule has 0 radical (unpaired) electrons. The number of benzene rings is 2. The van der Waals surface area contributed by atoms with Crippen LogP contribution in [0.5, 0.6) is 23.1 Å². The SMILES string of the molecule is COc1cc(CN2CCc3nc(N4CCC(C)CC4)nc(Oc4ccc(F)cc4)c3C2)ccc1O. The first-order valence-corrected chi connectivity index (χ1v) is 12.1. The van der Waals surface area contributed by atoms with Crippen molar-refractivity contribution < 1.29 is 19.0 Å². The zero-order chi connectivity index (χ0) is 24.4. The quantitative estimate of drug-likeness (QED) is 0.539. The topological polar surface area (TPSA) is 71.0 Å². The second-order valence-electron chi connectivity index (χ2n) is 9.45. The Morgan fingerprint density at radius 3 is 2.57 bits per heavy atom. The van der Waals surface area contributed by atoms with E-state index in [4.69, 9.17) is 19.4 Å². The van der Waals surface area contributed by atoms with E-state index in [0.29, 0.717) is 42.3 Å². The molecule has 1 fully saturated rings. The molecule has 35 heavy (non-hydrogen) atoms. The van der Waals surface area contributed by atoms with Gasteiger partial charge < -0.3 is 19.5 Å². The summed E-state index contributed by atoms with van der Waals surface area (Å²) in [5.41, 5.74) is 3.01. The van der Waals surface area contributed by atoms with E-state index in [2.05, 4.69) is 16.7 Å². The summed E-state index contributed by atoms with van der Waals surface area (Å²) in [6.07, 6.45) is 3.03. The molecule has 5 rings (SSSR count). The molecule has 7 nitrogen and oxygen atoms in total. The Bertz CT molecular complexity index is 1180. The molecule has 8 heteroatoms. The van der Waals surface area contributed by atoms with Gasteiger partial charge in [-0.25, -0.2) is 9.37 Å². The average molecular weight is 479 g/mol. The first-order valence-electron chi connectivity index (χ1n) is 12.1. The van der Waals surface area contributed by atoms with E-state index >= 15 is 0 Å². The molecule has 0 saturated carbocycles. The Kier molecular flexibility index (Phi) is 6.72. The van der Waals surface area contributed by atoms with Crippen LogP contribution in [-0.2, 0) is 19.5 Å². The van der Waals surface area contributed by atoms with Gasteiger partial charge in [-0.2, -0.15) is 4.98 Å². The number of rotatable bonds is 6. The van der Waals surface area contributed by atoms with E-state index < -0.39 is 0 Å². The van der Waals surface area contributed by atoms with Gasteiger partial charge in [-0.1, -0.05) is 13.0 Å². The molecule has 1 aromatic heterocycles. The minimum absolute atomic E-state index is 0.128. The fraction of sp³-hybridized carbons (Fsp3) is 0.407. The second-order valence-corrected chi connectivity index (χ2v) is 9.45. The van der Waals surface area contributed by atoms with Crippen LogP contribution >= 0.6 is 0 Å². The molecule has 2 aliphatic heterocycles. The minimum atomic E-state index is -0.305. The van der Waals surface area contributed by atoms with E-state index in [1.54, 1.807) is 25.3 Å². The number of piperidine rings is 1. The highest BCUT2D eigenvalue weighted by atomic mass is 19.1. The number of aromatic hydroxyl groups is 1. The van der Waals surface area contributed by atoms with Crippen LogP contribution in [0.15, 0.2) is 42.5 Å². The summed E-state index contributed by atoms with van der Waals surface area (Å²) in [7, 11) is 1.55. The van der Waals surface area contributed by atoms with E-state index in [9.17, 15) is 9.50 Å². The van der Waals surface area contributed by atoms with Crippen LogP contribution in [0.25, 0.3) is 0 Å². The van der Waals surface area contributed by atoms with Crippen LogP contribution in [0.3, 0.4) is 0 Å². The van der Waals surface area contributed by atoms with Crippen molar-refractivity contribution in [3.8, 4) is 23.1 Å². The fourth-order valence-electron chi connectivity index (χ4n) is 4.69. The standard InChI is InChI=1S/C27H31FN4O3/c1-18-9-13-32(14-10-18)27-29-23-11-12-31(16-19-3-8-24(33)25(15-19)34-2)17-22(23)26(30-27)35-21-6-4-20(28)5-7-21/h3-8,15,18,33H,9-14,16-17H2,1-2H3. The third-order valence-electron chi connectivity index (χ3n) is 6.83. The highest BCUT2D eigenvalue weighted by Gasteiger charge is 2.27. The molecule has 0 bridgehead atoms. The van der Waals surface area contributed by atoms with E-state index in [1.807, 2.05) is 12.1 Å². The lowest BCUT2D eigenvalue weighted by molar-refractivity contribution is 0.237. The van der Waals surface area contributed by atoms with Crippen LogP contribution in [0.1, 0.15) is 36.6 Å². The van der Waals surface area contributed by atoms with Gasteiger partial charge in [0.25, 0.3) is 0 Å². The van der Waals surface area contributed by atoms with E-state index in [0.717, 1.165) is 55.7 Å². The van der Waals surface area contributed by atoms with E-state index in [1.165, 1.54) is 12.1 Å². The molecule has 2 aromatic carbocycles. The summed E-state index contributed by atoms with van der Waals surface area (Å²) in [6.45, 7) is 6.33. The number of hydrogen-bond acceptors (Lipinski definition) is 7. The van der Waals surface area contributed by atoms with E-state index in [-0.39, 0.29) is 11.6 Å². The molecule has 2 aliphatic rings. The summed E-state index contributed by atoms with van der Waals surface area (Å²) in [6, 6.07) is 11.4. The number of halogens is 1. The summed E-state index contributed by atoms with van der Waals surface area (Å²) in [5.74, 6) is 2.79. The van der Waals surface area contributed by atoms with Gasteiger partial charge >= 0.3 is 0 Å². The maximum absolute atomic E-state index is 13.5. The molecule has 0 atom stereocenters. The van der Waals surface area contributed by atoms with Gasteiger partial charge in [-0.3, -0.25) is 4.90 Å². The van der Waals surface area contributed by atoms with Gasteiger partial charge in [0.1, 0.15) is 11.6 Å². The number of nitrogens with zero attached hydrogens (tertiary/aromatic N) is 4. The first-order chi connectivity index (χ1) is 17.0. The van der Waals surface area contributed by atoms with Gasteiger partial charge in [0.15, 0.2) is 11.5 Å². The van der Waals surface area contributed by atoms with Gasteiger partial charge in [0.2, 0.25) is 11.8 Å². The predicted octanol–water partition coefficient (Wildman–Crippen LogP) is 4.92. The van der Waals surface area contributed by atoms with Crippen molar-refractivity contribution >= 4 is 5.95 Å². The fourth-order valence-corrected chi connectivity index (χ4v) is 4.69. The monoisotopic (exact) mass is 478 g/mol. The lowest BCUT2D eigenvalue weighted by Crippen LogP contribution is -2.36. The van der Waals surface area contributed by atoms with Gasteiger partial charge in [-0.15, -0.1) is 0 Å². The van der Waals surface area contributed by atoms with Crippen molar-refractivity contribution in [2.24, 2.45) is 5.92 Å². The number of aromatic nitrogens is 2. The second kappa shape index (κ2) is 10.1.